The van der Waals surface area contributed by atoms with Crippen molar-refractivity contribution in [2.75, 3.05) is 39.9 Å². The van der Waals surface area contributed by atoms with Crippen molar-refractivity contribution in [3.05, 3.63) is 71.3 Å². The van der Waals surface area contributed by atoms with E-state index in [4.69, 9.17) is 4.74 Å². The Morgan fingerprint density at radius 2 is 1.94 bits per heavy atom. The first kappa shape index (κ1) is 23.4. The van der Waals surface area contributed by atoms with E-state index in [0.717, 1.165) is 5.56 Å². The fourth-order valence-corrected chi connectivity index (χ4v) is 4.40. The van der Waals surface area contributed by atoms with Gasteiger partial charge < -0.3 is 9.64 Å². The Bertz CT molecular complexity index is 874. The van der Waals surface area contributed by atoms with Crippen LogP contribution in [-0.4, -0.2) is 55.6 Å². The molecule has 168 valence electrons. The summed E-state index contributed by atoms with van der Waals surface area (Å²) in [4.78, 5) is 16.9. The highest BCUT2D eigenvalue weighted by atomic mass is 19.1. The number of halogens is 2. The Morgan fingerprint density at radius 3 is 2.61 bits per heavy atom. The number of methoxy groups -OCH3 is 1. The van der Waals surface area contributed by atoms with E-state index in [-0.39, 0.29) is 35.3 Å². The van der Waals surface area contributed by atoms with Gasteiger partial charge >= 0.3 is 0 Å². The van der Waals surface area contributed by atoms with Gasteiger partial charge in [0.15, 0.2) is 0 Å². The molecular formula is C25H32F2N2O2. The molecule has 2 aromatic carbocycles. The maximum absolute atomic E-state index is 14.2. The van der Waals surface area contributed by atoms with Crippen LogP contribution < -0.4 is 0 Å². The van der Waals surface area contributed by atoms with E-state index in [1.807, 2.05) is 30.9 Å². The molecule has 0 unspecified atom stereocenters. The van der Waals surface area contributed by atoms with Crippen molar-refractivity contribution in [3.8, 4) is 0 Å². The molecule has 1 heterocycles. The van der Waals surface area contributed by atoms with E-state index in [0.29, 0.717) is 44.9 Å². The van der Waals surface area contributed by atoms with Gasteiger partial charge in [-0.25, -0.2) is 8.78 Å². The van der Waals surface area contributed by atoms with Gasteiger partial charge in [0.05, 0.1) is 6.61 Å². The zero-order valence-electron chi connectivity index (χ0n) is 18.6. The van der Waals surface area contributed by atoms with Gasteiger partial charge in [-0.15, -0.1) is 0 Å². The molecule has 2 atom stereocenters. The molecule has 1 aliphatic rings. The van der Waals surface area contributed by atoms with Crippen molar-refractivity contribution in [3.63, 3.8) is 0 Å². The zero-order valence-corrected chi connectivity index (χ0v) is 18.6. The number of amides is 1. The van der Waals surface area contributed by atoms with Gasteiger partial charge in [-0.05, 0) is 29.7 Å². The number of hydrogen-bond donors (Lipinski definition) is 0. The third kappa shape index (κ3) is 6.11. The number of benzene rings is 2. The van der Waals surface area contributed by atoms with E-state index in [9.17, 15) is 13.6 Å². The Morgan fingerprint density at radius 1 is 1.16 bits per heavy atom. The molecule has 1 saturated heterocycles. The highest BCUT2D eigenvalue weighted by molar-refractivity contribution is 5.78. The molecule has 0 aromatic heterocycles. The molecule has 4 nitrogen and oxygen atoms in total. The van der Waals surface area contributed by atoms with Crippen molar-refractivity contribution >= 4 is 5.91 Å². The smallest absolute Gasteiger partial charge is 0.225 e. The predicted molar refractivity (Wildman–Crippen MR) is 118 cm³/mol. The summed E-state index contributed by atoms with van der Waals surface area (Å²) in [6.45, 7) is 7.24. The number of likely N-dealkylation sites (tertiary alicyclic amines) is 1. The predicted octanol–water partition coefficient (Wildman–Crippen LogP) is 4.31. The second-order valence-corrected chi connectivity index (χ2v) is 8.64. The SMILES string of the molecule is COCCN(C[C@@H]1CN(Cc2ccccc2F)C[C@@H]1c1cccc(F)c1)C(=O)C(C)C. The third-order valence-corrected chi connectivity index (χ3v) is 5.97. The number of carbonyl (C=O) groups is 1. The summed E-state index contributed by atoms with van der Waals surface area (Å²) >= 11 is 0. The molecule has 3 rings (SSSR count). The Kier molecular flexibility index (Phi) is 8.15. The first-order valence-electron chi connectivity index (χ1n) is 10.9. The molecule has 0 N–H and O–H groups in total. The molecular weight excluding hydrogens is 398 g/mol. The van der Waals surface area contributed by atoms with Crippen molar-refractivity contribution in [1.29, 1.82) is 0 Å². The lowest BCUT2D eigenvalue weighted by Gasteiger charge is -2.29. The van der Waals surface area contributed by atoms with Crippen molar-refractivity contribution in [2.24, 2.45) is 11.8 Å². The van der Waals surface area contributed by atoms with Crippen LogP contribution in [0.2, 0.25) is 0 Å². The summed E-state index contributed by atoms with van der Waals surface area (Å²) in [6, 6.07) is 13.5. The molecule has 0 bridgehead atoms. The largest absolute Gasteiger partial charge is 0.383 e. The number of rotatable bonds is 9. The maximum atomic E-state index is 14.2. The fourth-order valence-electron chi connectivity index (χ4n) is 4.40. The summed E-state index contributed by atoms with van der Waals surface area (Å²) in [5.74, 6) is -0.327. The molecule has 1 fully saturated rings. The lowest BCUT2D eigenvalue weighted by Crippen LogP contribution is -2.41. The molecule has 2 aromatic rings. The first-order valence-corrected chi connectivity index (χ1v) is 10.9. The van der Waals surface area contributed by atoms with Gasteiger partial charge in [0.2, 0.25) is 5.91 Å². The van der Waals surface area contributed by atoms with Crippen LogP contribution in [0.1, 0.15) is 30.9 Å². The van der Waals surface area contributed by atoms with E-state index < -0.39 is 0 Å². The van der Waals surface area contributed by atoms with Gasteiger partial charge in [-0.2, -0.15) is 0 Å². The third-order valence-electron chi connectivity index (χ3n) is 5.97. The minimum Gasteiger partial charge on any atom is -0.383 e. The molecule has 0 spiro atoms. The number of nitrogens with zero attached hydrogens (tertiary/aromatic N) is 2. The van der Waals surface area contributed by atoms with Gasteiger partial charge in [0.25, 0.3) is 0 Å². The topological polar surface area (TPSA) is 32.8 Å². The summed E-state index contributed by atoms with van der Waals surface area (Å²) in [5, 5.41) is 0. The van der Waals surface area contributed by atoms with Crippen LogP contribution >= 0.6 is 0 Å². The van der Waals surface area contributed by atoms with Crippen LogP contribution in [0.15, 0.2) is 48.5 Å². The normalized spacial score (nSPS) is 19.2. The molecule has 0 saturated carbocycles. The molecule has 6 heteroatoms. The molecule has 1 amide bonds. The Balaban J connectivity index is 1.82. The van der Waals surface area contributed by atoms with Gasteiger partial charge in [0, 0.05) is 57.2 Å². The fraction of sp³-hybridized carbons (Fsp3) is 0.480. The van der Waals surface area contributed by atoms with E-state index in [1.54, 1.807) is 31.4 Å². The van der Waals surface area contributed by atoms with Crippen molar-refractivity contribution in [1.82, 2.24) is 9.80 Å². The van der Waals surface area contributed by atoms with Crippen LogP contribution in [-0.2, 0) is 16.1 Å². The maximum Gasteiger partial charge on any atom is 0.225 e. The highest BCUT2D eigenvalue weighted by Gasteiger charge is 2.36. The Labute approximate surface area is 183 Å². The quantitative estimate of drug-likeness (QED) is 0.594. The Hall–Kier alpha value is -2.31. The van der Waals surface area contributed by atoms with Crippen LogP contribution in [0.5, 0.6) is 0 Å². The second kappa shape index (κ2) is 10.8. The lowest BCUT2D eigenvalue weighted by atomic mass is 9.88. The standard InChI is InChI=1S/C25H32F2N2O2/c1-18(2)25(30)29(11-12-31-3)16-21-15-28(14-20-7-4-5-10-24(20)27)17-23(21)19-8-6-9-22(26)13-19/h4-10,13,18,21,23H,11-12,14-17H2,1-3H3/t21-,23+/m0/s1. The lowest BCUT2D eigenvalue weighted by molar-refractivity contribution is -0.135. The van der Waals surface area contributed by atoms with E-state index in [2.05, 4.69) is 4.90 Å². The van der Waals surface area contributed by atoms with Gasteiger partial charge in [0.1, 0.15) is 11.6 Å². The van der Waals surface area contributed by atoms with Crippen LogP contribution in [0.3, 0.4) is 0 Å². The number of hydrogen-bond acceptors (Lipinski definition) is 3. The van der Waals surface area contributed by atoms with Crippen molar-refractivity contribution < 1.29 is 18.3 Å². The first-order chi connectivity index (χ1) is 14.9. The second-order valence-electron chi connectivity index (χ2n) is 8.64. The molecule has 1 aliphatic heterocycles. The summed E-state index contributed by atoms with van der Waals surface area (Å²) in [7, 11) is 1.62. The summed E-state index contributed by atoms with van der Waals surface area (Å²) < 4.78 is 33.4. The molecule has 31 heavy (non-hydrogen) atoms. The monoisotopic (exact) mass is 430 g/mol. The molecule has 0 radical (unpaired) electrons. The summed E-state index contributed by atoms with van der Waals surface area (Å²) in [5.41, 5.74) is 1.57. The zero-order chi connectivity index (χ0) is 22.4. The number of carbonyl (C=O) groups excluding carboxylic acids is 1. The average molecular weight is 431 g/mol. The van der Waals surface area contributed by atoms with Crippen LogP contribution in [0.25, 0.3) is 0 Å². The van der Waals surface area contributed by atoms with Gasteiger partial charge in [-0.3, -0.25) is 9.69 Å². The number of ether oxygens (including phenoxy) is 1. The van der Waals surface area contributed by atoms with E-state index in [1.165, 1.54) is 12.1 Å². The van der Waals surface area contributed by atoms with E-state index >= 15 is 0 Å². The minimum atomic E-state index is -0.265. The highest BCUT2D eigenvalue weighted by Crippen LogP contribution is 2.35. The molecule has 0 aliphatic carbocycles. The minimum absolute atomic E-state index is 0.0625. The van der Waals surface area contributed by atoms with Gasteiger partial charge in [-0.1, -0.05) is 44.2 Å². The van der Waals surface area contributed by atoms with Crippen molar-refractivity contribution in [2.45, 2.75) is 26.3 Å². The average Bonchev–Trinajstić information content (AvgIpc) is 3.14. The van der Waals surface area contributed by atoms with Crippen LogP contribution in [0, 0.1) is 23.5 Å². The summed E-state index contributed by atoms with van der Waals surface area (Å²) in [6.07, 6.45) is 0. The van der Waals surface area contributed by atoms with Crippen LogP contribution in [0.4, 0.5) is 8.78 Å².